The summed E-state index contributed by atoms with van der Waals surface area (Å²) in [5.41, 5.74) is 4.34. The smallest absolute Gasteiger partial charge is 0.251 e. The standard InChI is InChI=1S/C29H31N3O2/c33-26(12-24-22-8-4-5-9-23(22)25-16-30-17-32(24)25)27-20-10-18-11-21(27)15-29(13-18,14-20)31-28(34)19-6-2-1-3-7-19/h1-9,16-18,20-21,24,26-27,33H,10-15H2,(H,31,34)/t18?,20?,21?,24?,26-,27?,29?/m0/s1. The zero-order valence-corrected chi connectivity index (χ0v) is 19.3. The van der Waals surface area contributed by atoms with Crippen LogP contribution in [0.5, 0.6) is 0 Å². The quantitative estimate of drug-likeness (QED) is 0.582. The second-order valence-corrected chi connectivity index (χ2v) is 11.2. The second kappa shape index (κ2) is 7.54. The van der Waals surface area contributed by atoms with Crippen LogP contribution < -0.4 is 5.32 Å². The number of imidazole rings is 1. The van der Waals surface area contributed by atoms with Crippen LogP contribution in [-0.2, 0) is 0 Å². The molecule has 2 heterocycles. The zero-order valence-electron chi connectivity index (χ0n) is 19.3. The predicted octanol–water partition coefficient (Wildman–Crippen LogP) is 4.83. The lowest BCUT2D eigenvalue weighted by atomic mass is 9.48. The summed E-state index contributed by atoms with van der Waals surface area (Å²) >= 11 is 0. The van der Waals surface area contributed by atoms with Gasteiger partial charge in [-0.2, -0.15) is 0 Å². The minimum absolute atomic E-state index is 0.0508. The molecule has 34 heavy (non-hydrogen) atoms. The minimum atomic E-state index is -0.344. The number of carbonyl (C=O) groups excluding carboxylic acids is 1. The van der Waals surface area contributed by atoms with Crippen molar-refractivity contribution in [3.63, 3.8) is 0 Å². The Hall–Kier alpha value is -2.92. The van der Waals surface area contributed by atoms with E-state index in [0.29, 0.717) is 23.7 Å². The summed E-state index contributed by atoms with van der Waals surface area (Å²) in [5, 5.41) is 15.1. The molecule has 5 nitrogen and oxygen atoms in total. The van der Waals surface area contributed by atoms with E-state index in [9.17, 15) is 9.90 Å². The lowest BCUT2D eigenvalue weighted by Gasteiger charge is -2.61. The molecule has 174 valence electrons. The Morgan fingerprint density at radius 1 is 1.06 bits per heavy atom. The number of hydrogen-bond acceptors (Lipinski definition) is 3. The molecule has 2 N–H and O–H groups in total. The molecular formula is C29H31N3O2. The van der Waals surface area contributed by atoms with Crippen LogP contribution in [0.3, 0.4) is 0 Å². The second-order valence-electron chi connectivity index (χ2n) is 11.2. The Balaban J connectivity index is 1.11. The van der Waals surface area contributed by atoms with Gasteiger partial charge < -0.3 is 15.0 Å². The number of hydrogen-bond donors (Lipinski definition) is 2. The number of benzene rings is 2. The van der Waals surface area contributed by atoms with Gasteiger partial charge in [0, 0.05) is 16.7 Å². The largest absolute Gasteiger partial charge is 0.393 e. The van der Waals surface area contributed by atoms with E-state index in [-0.39, 0.29) is 23.6 Å². The summed E-state index contributed by atoms with van der Waals surface area (Å²) in [5.74, 6) is 2.00. The summed E-state index contributed by atoms with van der Waals surface area (Å²) in [6, 6.07) is 18.3. The van der Waals surface area contributed by atoms with Crippen molar-refractivity contribution < 1.29 is 9.90 Å². The summed E-state index contributed by atoms with van der Waals surface area (Å²) in [6.07, 6.45) is 9.71. The number of aliphatic hydroxyl groups excluding tert-OH is 1. The number of fused-ring (bicyclic) bond motifs is 3. The van der Waals surface area contributed by atoms with Crippen LogP contribution in [0.15, 0.2) is 67.1 Å². The zero-order chi connectivity index (χ0) is 22.9. The topological polar surface area (TPSA) is 67.2 Å². The lowest BCUT2D eigenvalue weighted by Crippen LogP contribution is -2.63. The molecule has 5 heteroatoms. The van der Waals surface area contributed by atoms with Crippen molar-refractivity contribution >= 4 is 5.91 Å². The molecule has 4 saturated carbocycles. The van der Waals surface area contributed by atoms with Gasteiger partial charge in [0.15, 0.2) is 0 Å². The third-order valence-corrected chi connectivity index (χ3v) is 9.27. The van der Waals surface area contributed by atoms with Crippen molar-refractivity contribution in [3.05, 3.63) is 78.2 Å². The maximum atomic E-state index is 13.0. The normalized spacial score (nSPS) is 33.4. The van der Waals surface area contributed by atoms with E-state index in [1.165, 1.54) is 24.0 Å². The van der Waals surface area contributed by atoms with Gasteiger partial charge in [0.25, 0.3) is 5.91 Å². The molecule has 3 unspecified atom stereocenters. The SMILES string of the molecule is O=C(NC12CC3CC(C1)C([C@@H](O)CC1c4ccccc4-c4cncn41)C(C3)C2)c1ccccc1. The van der Waals surface area contributed by atoms with Crippen molar-refractivity contribution in [2.75, 3.05) is 0 Å². The molecule has 1 aliphatic heterocycles. The molecule has 0 spiro atoms. The third-order valence-electron chi connectivity index (χ3n) is 9.27. The number of amides is 1. The maximum absolute atomic E-state index is 13.0. The van der Waals surface area contributed by atoms with E-state index >= 15 is 0 Å². The first kappa shape index (κ1) is 20.5. The summed E-state index contributed by atoms with van der Waals surface area (Å²) < 4.78 is 2.24. The van der Waals surface area contributed by atoms with E-state index < -0.39 is 0 Å². The number of nitrogens with one attached hydrogen (secondary N) is 1. The van der Waals surface area contributed by atoms with Gasteiger partial charge in [0.1, 0.15) is 0 Å². The molecule has 0 radical (unpaired) electrons. The van der Waals surface area contributed by atoms with Gasteiger partial charge in [0.2, 0.25) is 0 Å². The first-order valence-electron chi connectivity index (χ1n) is 12.8. The van der Waals surface area contributed by atoms with Crippen molar-refractivity contribution in [1.29, 1.82) is 0 Å². The molecule has 1 amide bonds. The highest BCUT2D eigenvalue weighted by molar-refractivity contribution is 5.94. The van der Waals surface area contributed by atoms with Gasteiger partial charge in [-0.1, -0.05) is 42.5 Å². The van der Waals surface area contributed by atoms with Gasteiger partial charge in [-0.3, -0.25) is 4.79 Å². The van der Waals surface area contributed by atoms with Gasteiger partial charge >= 0.3 is 0 Å². The molecule has 3 aromatic rings. The molecule has 2 aromatic carbocycles. The highest BCUT2D eigenvalue weighted by atomic mass is 16.3. The molecule has 4 atom stereocenters. The van der Waals surface area contributed by atoms with E-state index in [1.54, 1.807) is 0 Å². The highest BCUT2D eigenvalue weighted by Crippen LogP contribution is 2.60. The Labute approximate surface area is 200 Å². The van der Waals surface area contributed by atoms with Crippen molar-refractivity contribution in [3.8, 4) is 11.3 Å². The summed E-state index contributed by atoms with van der Waals surface area (Å²) in [4.78, 5) is 17.4. The molecule has 0 saturated heterocycles. The number of aromatic nitrogens is 2. The van der Waals surface area contributed by atoms with E-state index in [4.69, 9.17) is 0 Å². The van der Waals surface area contributed by atoms with E-state index in [1.807, 2.05) is 42.9 Å². The number of aliphatic hydroxyl groups is 1. The Morgan fingerprint density at radius 2 is 1.79 bits per heavy atom. The average molecular weight is 454 g/mol. The monoisotopic (exact) mass is 453 g/mol. The predicted molar refractivity (Wildman–Crippen MR) is 130 cm³/mol. The first-order chi connectivity index (χ1) is 16.6. The maximum Gasteiger partial charge on any atom is 0.251 e. The average Bonchev–Trinajstić information content (AvgIpc) is 3.41. The molecule has 4 bridgehead atoms. The molecule has 8 rings (SSSR count). The molecule has 1 aromatic heterocycles. The van der Waals surface area contributed by atoms with Gasteiger partial charge in [-0.25, -0.2) is 4.98 Å². The van der Waals surface area contributed by atoms with Crippen LogP contribution in [-0.4, -0.2) is 32.2 Å². The van der Waals surface area contributed by atoms with Gasteiger partial charge in [0.05, 0.1) is 30.4 Å². The fourth-order valence-corrected chi connectivity index (χ4v) is 8.31. The number of nitrogens with zero attached hydrogens (tertiary/aromatic N) is 2. The van der Waals surface area contributed by atoms with E-state index in [0.717, 1.165) is 36.9 Å². The highest BCUT2D eigenvalue weighted by Gasteiger charge is 2.57. The van der Waals surface area contributed by atoms with E-state index in [2.05, 4.69) is 39.1 Å². The Kier molecular flexibility index (Phi) is 4.54. The number of carbonyl (C=O) groups is 1. The fourth-order valence-electron chi connectivity index (χ4n) is 8.31. The van der Waals surface area contributed by atoms with Gasteiger partial charge in [-0.05, 0) is 79.9 Å². The molecule has 5 aliphatic rings. The van der Waals surface area contributed by atoms with Crippen LogP contribution in [0.1, 0.15) is 60.5 Å². The van der Waals surface area contributed by atoms with Crippen LogP contribution in [0.4, 0.5) is 0 Å². The van der Waals surface area contributed by atoms with Crippen LogP contribution >= 0.6 is 0 Å². The summed E-state index contributed by atoms with van der Waals surface area (Å²) in [6.45, 7) is 0. The van der Waals surface area contributed by atoms with Crippen LogP contribution in [0, 0.1) is 23.7 Å². The third kappa shape index (κ3) is 3.09. The first-order valence-corrected chi connectivity index (χ1v) is 12.8. The molecular weight excluding hydrogens is 422 g/mol. The minimum Gasteiger partial charge on any atom is -0.393 e. The van der Waals surface area contributed by atoms with Gasteiger partial charge in [-0.15, -0.1) is 0 Å². The number of rotatable bonds is 5. The molecule has 4 aliphatic carbocycles. The lowest BCUT2D eigenvalue weighted by molar-refractivity contribution is -0.109. The van der Waals surface area contributed by atoms with Crippen LogP contribution in [0.2, 0.25) is 0 Å². The Bertz CT molecular complexity index is 1220. The fraction of sp³-hybridized carbons (Fsp3) is 0.448. The van der Waals surface area contributed by atoms with Crippen molar-refractivity contribution in [2.45, 2.75) is 56.2 Å². The molecule has 4 fully saturated rings. The Morgan fingerprint density at radius 3 is 2.59 bits per heavy atom. The van der Waals surface area contributed by atoms with Crippen molar-refractivity contribution in [1.82, 2.24) is 14.9 Å². The summed E-state index contributed by atoms with van der Waals surface area (Å²) in [7, 11) is 0. The van der Waals surface area contributed by atoms with Crippen LogP contribution in [0.25, 0.3) is 11.3 Å². The van der Waals surface area contributed by atoms with Crippen molar-refractivity contribution in [2.24, 2.45) is 23.7 Å².